The summed E-state index contributed by atoms with van der Waals surface area (Å²) in [5.41, 5.74) is 0. The summed E-state index contributed by atoms with van der Waals surface area (Å²) in [6, 6.07) is 0. The molecule has 0 aliphatic rings. The molecule has 1 aromatic rings. The fourth-order valence-corrected chi connectivity index (χ4v) is 0.966. The number of carbonyl (C=O) groups excluding carboxylic acids is 1. The Labute approximate surface area is 75.5 Å². The van der Waals surface area contributed by atoms with Crippen molar-refractivity contribution in [3.8, 4) is 0 Å². The third kappa shape index (κ3) is 3.11. The second-order valence-corrected chi connectivity index (χ2v) is 3.06. The molecule has 7 nitrogen and oxygen atoms in total. The van der Waals surface area contributed by atoms with E-state index in [2.05, 4.69) is 20.6 Å². The fraction of sp³-hybridized carbons (Fsp3) is 0.200. The Kier molecular flexibility index (Phi) is 3.26. The first kappa shape index (κ1) is 9.52. The molecule has 8 heteroatoms. The van der Waals surface area contributed by atoms with Crippen molar-refractivity contribution in [2.24, 2.45) is 0 Å². The Morgan fingerprint density at radius 1 is 1.62 bits per heavy atom. The van der Waals surface area contributed by atoms with Crippen LogP contribution in [0.4, 0.5) is 11.8 Å². The van der Waals surface area contributed by atoms with E-state index in [1.165, 1.54) is 6.20 Å². The van der Waals surface area contributed by atoms with E-state index in [0.717, 1.165) is 0 Å². The molecule has 1 rings (SSSR count). The largest absolute Gasteiger partial charge is 0.342 e. The molecule has 0 radical (unpaired) electrons. The third-order valence-corrected chi connectivity index (χ3v) is 1.58. The summed E-state index contributed by atoms with van der Waals surface area (Å²) in [6.45, 7) is 0. The summed E-state index contributed by atoms with van der Waals surface area (Å²) in [4.78, 5) is 16.4. The van der Waals surface area contributed by atoms with Crippen LogP contribution < -0.4 is 10.6 Å². The quantitative estimate of drug-likeness (QED) is 0.362. The number of aromatic nitrogens is 2. The summed E-state index contributed by atoms with van der Waals surface area (Å²) < 4.78 is 20.3. The number of anilines is 2. The first-order chi connectivity index (χ1) is 6.22. The number of amides is 1. The number of aromatic amines is 1. The topological polar surface area (TPSA) is 104 Å². The van der Waals surface area contributed by atoms with Crippen LogP contribution >= 0.6 is 0 Å². The molecule has 0 aliphatic heterocycles. The highest BCUT2D eigenvalue weighted by molar-refractivity contribution is 7.72. The predicted octanol–water partition coefficient (Wildman–Crippen LogP) is -1.04. The molecule has 0 saturated heterocycles. The number of thiol groups is 1. The standard InChI is InChI=1S/C5H8N4O3S/c10-2-7-4-1-6-5(9-4)8-3-13(11)12/h1-2,13H,3H2,(H,7,10)(H2,6,8,9). The average Bonchev–Trinajstić information content (AvgIpc) is 2.50. The second kappa shape index (κ2) is 4.45. The molecule has 0 aromatic carbocycles. The van der Waals surface area contributed by atoms with Crippen LogP contribution in [0.15, 0.2) is 6.20 Å². The Bertz CT molecular complexity index is 350. The van der Waals surface area contributed by atoms with Gasteiger partial charge in [-0.15, -0.1) is 0 Å². The van der Waals surface area contributed by atoms with Crippen LogP contribution in [0, 0.1) is 0 Å². The molecule has 0 fully saturated rings. The van der Waals surface area contributed by atoms with Crippen molar-refractivity contribution in [2.45, 2.75) is 0 Å². The Hall–Kier alpha value is -1.57. The molecular formula is C5H8N4O3S. The number of imidazole rings is 1. The number of carbonyl (C=O) groups is 1. The molecule has 0 saturated carbocycles. The van der Waals surface area contributed by atoms with Gasteiger partial charge in [-0.2, -0.15) is 0 Å². The predicted molar refractivity (Wildman–Crippen MR) is 47.1 cm³/mol. The van der Waals surface area contributed by atoms with Crippen molar-refractivity contribution in [3.05, 3.63) is 6.20 Å². The number of hydrogen-bond acceptors (Lipinski definition) is 5. The smallest absolute Gasteiger partial charge is 0.212 e. The lowest BCUT2D eigenvalue weighted by molar-refractivity contribution is -0.105. The van der Waals surface area contributed by atoms with E-state index in [1.807, 2.05) is 0 Å². The average molecular weight is 204 g/mol. The summed E-state index contributed by atoms with van der Waals surface area (Å²) >= 11 is 0. The summed E-state index contributed by atoms with van der Waals surface area (Å²) in [5.74, 6) is 0.505. The number of hydrogen-bond donors (Lipinski definition) is 4. The molecule has 0 spiro atoms. The van der Waals surface area contributed by atoms with Gasteiger partial charge in [0.25, 0.3) is 0 Å². The van der Waals surface area contributed by atoms with E-state index in [4.69, 9.17) is 0 Å². The van der Waals surface area contributed by atoms with Gasteiger partial charge in [-0.25, -0.2) is 13.4 Å². The van der Waals surface area contributed by atoms with Gasteiger partial charge in [-0.3, -0.25) is 4.79 Å². The van der Waals surface area contributed by atoms with E-state index in [1.54, 1.807) is 0 Å². The third-order valence-electron chi connectivity index (χ3n) is 1.17. The molecule has 0 atom stereocenters. The monoisotopic (exact) mass is 204 g/mol. The first-order valence-electron chi connectivity index (χ1n) is 3.33. The molecule has 1 amide bonds. The van der Waals surface area contributed by atoms with Crippen LogP contribution in [0.2, 0.25) is 0 Å². The number of rotatable bonds is 5. The second-order valence-electron chi connectivity index (χ2n) is 2.08. The van der Waals surface area contributed by atoms with Gasteiger partial charge in [0.1, 0.15) is 11.7 Å². The van der Waals surface area contributed by atoms with Gasteiger partial charge in [0, 0.05) is 0 Å². The molecule has 13 heavy (non-hydrogen) atoms. The number of nitrogens with zero attached hydrogens (tertiary/aromatic N) is 1. The van der Waals surface area contributed by atoms with Gasteiger partial charge in [0.05, 0.1) is 6.20 Å². The van der Waals surface area contributed by atoms with Crippen LogP contribution in [0.5, 0.6) is 0 Å². The van der Waals surface area contributed by atoms with E-state index >= 15 is 0 Å². The lowest BCUT2D eigenvalue weighted by Gasteiger charge is -1.94. The zero-order valence-corrected chi connectivity index (χ0v) is 7.38. The maximum atomic E-state index is 10.2. The van der Waals surface area contributed by atoms with Gasteiger partial charge in [0.2, 0.25) is 12.4 Å². The molecular weight excluding hydrogens is 196 g/mol. The van der Waals surface area contributed by atoms with Crippen molar-refractivity contribution >= 4 is 28.9 Å². The highest BCUT2D eigenvalue weighted by Gasteiger charge is 1.97. The van der Waals surface area contributed by atoms with Crippen LogP contribution in [-0.2, 0) is 15.5 Å². The zero-order chi connectivity index (χ0) is 9.68. The molecule has 1 aromatic heterocycles. The maximum absolute atomic E-state index is 10.2. The Balaban J connectivity index is 2.53. The SMILES string of the molecule is O=CNc1cnc(NC[SH](=O)=O)[nH]1. The Morgan fingerprint density at radius 2 is 2.38 bits per heavy atom. The molecule has 0 aliphatic carbocycles. The van der Waals surface area contributed by atoms with Crippen molar-refractivity contribution < 1.29 is 13.2 Å². The van der Waals surface area contributed by atoms with Crippen LogP contribution in [0.25, 0.3) is 0 Å². The van der Waals surface area contributed by atoms with Crippen molar-refractivity contribution in [3.63, 3.8) is 0 Å². The van der Waals surface area contributed by atoms with Crippen LogP contribution in [0.3, 0.4) is 0 Å². The number of nitrogens with one attached hydrogen (secondary N) is 3. The van der Waals surface area contributed by atoms with Gasteiger partial charge in [-0.05, 0) is 0 Å². The van der Waals surface area contributed by atoms with Crippen molar-refractivity contribution in [1.82, 2.24) is 9.97 Å². The summed E-state index contributed by atoms with van der Waals surface area (Å²) in [5, 5.41) is 4.83. The lowest BCUT2D eigenvalue weighted by atomic mass is 10.8. The highest BCUT2D eigenvalue weighted by atomic mass is 32.2. The highest BCUT2D eigenvalue weighted by Crippen LogP contribution is 2.05. The fourth-order valence-electron chi connectivity index (χ4n) is 0.687. The summed E-state index contributed by atoms with van der Waals surface area (Å²) in [6.07, 6.45) is 1.86. The molecule has 3 N–H and O–H groups in total. The van der Waals surface area contributed by atoms with Crippen molar-refractivity contribution in [1.29, 1.82) is 0 Å². The maximum Gasteiger partial charge on any atom is 0.212 e. The molecule has 72 valence electrons. The summed E-state index contributed by atoms with van der Waals surface area (Å²) in [7, 11) is -2.48. The van der Waals surface area contributed by atoms with Gasteiger partial charge < -0.3 is 15.6 Å². The lowest BCUT2D eigenvalue weighted by Crippen LogP contribution is -2.04. The minimum Gasteiger partial charge on any atom is -0.342 e. The number of H-pyrrole nitrogens is 1. The minimum atomic E-state index is -2.48. The van der Waals surface area contributed by atoms with E-state index < -0.39 is 10.7 Å². The zero-order valence-electron chi connectivity index (χ0n) is 6.48. The van der Waals surface area contributed by atoms with Gasteiger partial charge in [0.15, 0.2) is 10.7 Å². The van der Waals surface area contributed by atoms with Gasteiger partial charge in [-0.1, -0.05) is 0 Å². The first-order valence-corrected chi connectivity index (χ1v) is 4.69. The van der Waals surface area contributed by atoms with E-state index in [-0.39, 0.29) is 5.88 Å². The van der Waals surface area contributed by atoms with E-state index in [0.29, 0.717) is 18.2 Å². The van der Waals surface area contributed by atoms with E-state index in [9.17, 15) is 13.2 Å². The molecule has 1 heterocycles. The van der Waals surface area contributed by atoms with Crippen LogP contribution in [-0.4, -0.2) is 30.7 Å². The molecule has 0 bridgehead atoms. The van der Waals surface area contributed by atoms with Crippen LogP contribution in [0.1, 0.15) is 0 Å². The Morgan fingerprint density at radius 3 is 3.00 bits per heavy atom. The normalized spacial score (nSPS) is 9.92. The van der Waals surface area contributed by atoms with Gasteiger partial charge >= 0.3 is 0 Å². The van der Waals surface area contributed by atoms with Crippen molar-refractivity contribution in [2.75, 3.05) is 16.5 Å². The molecule has 0 unspecified atom stereocenters. The minimum absolute atomic E-state index is 0.191.